The van der Waals surface area contributed by atoms with Gasteiger partial charge in [0.2, 0.25) is 0 Å². The van der Waals surface area contributed by atoms with E-state index in [2.05, 4.69) is 4.98 Å². The lowest BCUT2D eigenvalue weighted by molar-refractivity contribution is -0.137. The van der Waals surface area contributed by atoms with E-state index in [9.17, 15) is 22.4 Å². The van der Waals surface area contributed by atoms with Crippen LogP contribution in [0.5, 0.6) is 5.75 Å². The fourth-order valence-electron chi connectivity index (χ4n) is 4.10. The van der Waals surface area contributed by atoms with Gasteiger partial charge in [-0.2, -0.15) is 13.2 Å². The van der Waals surface area contributed by atoms with Crippen molar-refractivity contribution in [1.29, 1.82) is 0 Å². The molecular weight excluding hydrogens is 462 g/mol. The maximum Gasteiger partial charge on any atom is 0.416 e. The Balaban J connectivity index is 1.75. The third-order valence-corrected chi connectivity index (χ3v) is 5.75. The summed E-state index contributed by atoms with van der Waals surface area (Å²) in [4.78, 5) is 16.2. The van der Waals surface area contributed by atoms with E-state index in [0.29, 0.717) is 35.3 Å². The fraction of sp³-hybridized carbons (Fsp3) is 0.259. The Kier molecular flexibility index (Phi) is 7.19. The number of ether oxygens (including phenoxy) is 2. The summed E-state index contributed by atoms with van der Waals surface area (Å²) in [6.07, 6.45) is -1.09. The molecule has 4 rings (SSSR count). The second kappa shape index (κ2) is 10.3. The minimum absolute atomic E-state index is 0.0729. The van der Waals surface area contributed by atoms with Gasteiger partial charge >= 0.3 is 12.1 Å². The molecule has 1 heterocycles. The van der Waals surface area contributed by atoms with E-state index in [1.165, 1.54) is 24.4 Å². The van der Waals surface area contributed by atoms with E-state index in [0.717, 1.165) is 29.7 Å². The van der Waals surface area contributed by atoms with Crippen LogP contribution in [0.3, 0.4) is 0 Å². The van der Waals surface area contributed by atoms with Crippen molar-refractivity contribution >= 4 is 17.1 Å². The molecule has 1 aromatic heterocycles. The van der Waals surface area contributed by atoms with Gasteiger partial charge in [-0.05, 0) is 90.9 Å². The summed E-state index contributed by atoms with van der Waals surface area (Å²) in [7, 11) is 0. The lowest BCUT2D eigenvalue weighted by Gasteiger charge is -2.17. The summed E-state index contributed by atoms with van der Waals surface area (Å²) < 4.78 is 64.8. The molecule has 8 heteroatoms. The number of halogens is 4. The number of rotatable bonds is 7. The number of carbonyl (C=O) groups is 1. The van der Waals surface area contributed by atoms with Crippen LogP contribution < -0.4 is 4.74 Å². The number of allylic oxidation sites excluding steroid dienone is 2. The van der Waals surface area contributed by atoms with Crippen molar-refractivity contribution in [1.82, 2.24) is 4.98 Å². The highest BCUT2D eigenvalue weighted by Crippen LogP contribution is 2.44. The molecule has 35 heavy (non-hydrogen) atoms. The molecule has 0 radical (unpaired) electrons. The predicted octanol–water partition coefficient (Wildman–Crippen LogP) is 7.09. The van der Waals surface area contributed by atoms with Crippen molar-refractivity contribution in [2.24, 2.45) is 0 Å². The summed E-state index contributed by atoms with van der Waals surface area (Å²) in [5, 5.41) is 0. The minimum atomic E-state index is -4.52. The van der Waals surface area contributed by atoms with Gasteiger partial charge in [-0.1, -0.05) is 12.1 Å². The molecular formula is C27H23F4NO3. The molecule has 2 aromatic carbocycles. The van der Waals surface area contributed by atoms with Crippen LogP contribution >= 0.6 is 0 Å². The number of carbonyl (C=O) groups excluding carboxylic acids is 1. The Labute approximate surface area is 200 Å². The molecule has 0 N–H and O–H groups in total. The minimum Gasteiger partial charge on any atom is -0.488 e. The lowest BCUT2D eigenvalue weighted by Crippen LogP contribution is -2.08. The number of pyridine rings is 1. The van der Waals surface area contributed by atoms with Gasteiger partial charge in [0, 0.05) is 11.8 Å². The largest absolute Gasteiger partial charge is 0.488 e. The summed E-state index contributed by atoms with van der Waals surface area (Å²) in [5.74, 6) is -0.641. The van der Waals surface area contributed by atoms with Crippen molar-refractivity contribution in [3.8, 4) is 5.75 Å². The summed E-state index contributed by atoms with van der Waals surface area (Å²) >= 11 is 0. The van der Waals surface area contributed by atoms with Crippen LogP contribution in [0.4, 0.5) is 17.6 Å². The zero-order valence-corrected chi connectivity index (χ0v) is 19.0. The van der Waals surface area contributed by atoms with Gasteiger partial charge in [-0.25, -0.2) is 14.2 Å². The Morgan fingerprint density at radius 3 is 2.46 bits per heavy atom. The maximum atomic E-state index is 13.6. The van der Waals surface area contributed by atoms with E-state index >= 15 is 0 Å². The number of hydrogen-bond acceptors (Lipinski definition) is 4. The van der Waals surface area contributed by atoms with Crippen LogP contribution in [0.2, 0.25) is 0 Å². The zero-order chi connectivity index (χ0) is 25.0. The van der Waals surface area contributed by atoms with Crippen molar-refractivity contribution in [3.05, 3.63) is 94.6 Å². The average Bonchev–Trinajstić information content (AvgIpc) is 3.33. The van der Waals surface area contributed by atoms with E-state index in [-0.39, 0.29) is 24.7 Å². The molecule has 4 nitrogen and oxygen atoms in total. The van der Waals surface area contributed by atoms with Crippen LogP contribution in [-0.4, -0.2) is 17.6 Å². The number of aromatic nitrogens is 1. The molecule has 1 aliphatic carbocycles. The van der Waals surface area contributed by atoms with Crippen molar-refractivity contribution in [2.75, 3.05) is 6.61 Å². The van der Waals surface area contributed by atoms with Crippen molar-refractivity contribution in [3.63, 3.8) is 0 Å². The molecule has 0 amide bonds. The van der Waals surface area contributed by atoms with Gasteiger partial charge in [0.15, 0.2) is 0 Å². The maximum absolute atomic E-state index is 13.6. The van der Waals surface area contributed by atoms with Gasteiger partial charge < -0.3 is 9.47 Å². The molecule has 0 unspecified atom stereocenters. The third-order valence-electron chi connectivity index (χ3n) is 5.75. The number of nitrogens with zero attached hydrogens (tertiary/aromatic N) is 1. The Bertz CT molecular complexity index is 1250. The topological polar surface area (TPSA) is 48.4 Å². The van der Waals surface area contributed by atoms with Gasteiger partial charge in [0.05, 0.1) is 12.2 Å². The molecule has 0 aliphatic heterocycles. The van der Waals surface area contributed by atoms with Crippen LogP contribution in [0, 0.1) is 5.82 Å². The first-order valence-corrected chi connectivity index (χ1v) is 11.2. The molecule has 0 bridgehead atoms. The second-order valence-electron chi connectivity index (χ2n) is 8.08. The first-order chi connectivity index (χ1) is 16.8. The highest BCUT2D eigenvalue weighted by molar-refractivity contribution is 5.96. The molecule has 0 saturated carbocycles. The van der Waals surface area contributed by atoms with E-state index < -0.39 is 17.7 Å². The molecule has 3 aromatic rings. The standard InChI is InChI=1S/C27H23F4NO3/c1-2-34-26(33)24-14-18(12-13-32-24)21-4-3-5-22(21)23-15-19(27(29,30)31)8-11-25(23)35-16-17-6-9-20(28)10-7-17/h6-15H,2-5,16H2,1H3. The molecule has 0 fully saturated rings. The number of hydrogen-bond donors (Lipinski definition) is 0. The Hall–Kier alpha value is -3.68. The number of alkyl halides is 3. The smallest absolute Gasteiger partial charge is 0.416 e. The van der Waals surface area contributed by atoms with E-state index in [1.807, 2.05) is 0 Å². The van der Waals surface area contributed by atoms with Gasteiger partial charge in [0.25, 0.3) is 0 Å². The highest BCUT2D eigenvalue weighted by atomic mass is 19.4. The lowest BCUT2D eigenvalue weighted by atomic mass is 9.95. The van der Waals surface area contributed by atoms with Gasteiger partial charge in [0.1, 0.15) is 23.9 Å². The van der Waals surface area contributed by atoms with Crippen molar-refractivity contribution < 1.29 is 31.8 Å². The zero-order valence-electron chi connectivity index (χ0n) is 19.0. The monoisotopic (exact) mass is 485 g/mol. The third kappa shape index (κ3) is 5.70. The first-order valence-electron chi connectivity index (χ1n) is 11.2. The summed E-state index contributed by atoms with van der Waals surface area (Å²) in [6.45, 7) is 1.97. The fourth-order valence-corrected chi connectivity index (χ4v) is 4.10. The highest BCUT2D eigenvalue weighted by Gasteiger charge is 2.32. The van der Waals surface area contributed by atoms with E-state index in [1.54, 1.807) is 31.2 Å². The molecule has 0 atom stereocenters. The second-order valence-corrected chi connectivity index (χ2v) is 8.08. The van der Waals surface area contributed by atoms with E-state index in [4.69, 9.17) is 9.47 Å². The first kappa shape index (κ1) is 24.4. The van der Waals surface area contributed by atoms with Crippen molar-refractivity contribution in [2.45, 2.75) is 39.0 Å². The Morgan fingerprint density at radius 2 is 1.74 bits per heavy atom. The SMILES string of the molecule is CCOC(=O)c1cc(C2=C(c3cc(C(F)(F)F)ccc3OCc3ccc(F)cc3)CCC2)ccn1. The normalized spacial score (nSPS) is 13.7. The van der Waals surface area contributed by atoms with Crippen LogP contribution in [0.15, 0.2) is 60.8 Å². The summed E-state index contributed by atoms with van der Waals surface area (Å²) in [5.41, 5.74) is 2.67. The molecule has 182 valence electrons. The molecule has 0 spiro atoms. The summed E-state index contributed by atoms with van der Waals surface area (Å²) in [6, 6.07) is 12.5. The van der Waals surface area contributed by atoms with Gasteiger partial charge in [-0.15, -0.1) is 0 Å². The van der Waals surface area contributed by atoms with Crippen LogP contribution in [0.1, 0.15) is 58.9 Å². The molecule has 1 aliphatic rings. The van der Waals surface area contributed by atoms with Crippen LogP contribution in [-0.2, 0) is 17.5 Å². The molecule has 0 saturated heterocycles. The van der Waals surface area contributed by atoms with Crippen LogP contribution in [0.25, 0.3) is 11.1 Å². The average molecular weight is 485 g/mol. The van der Waals surface area contributed by atoms with Gasteiger partial charge in [-0.3, -0.25) is 0 Å². The quantitative estimate of drug-likeness (QED) is 0.265. The number of esters is 1. The predicted molar refractivity (Wildman–Crippen MR) is 123 cm³/mol. The number of benzene rings is 2. The Morgan fingerprint density at radius 1 is 1.00 bits per heavy atom.